The first kappa shape index (κ1) is 16.6. The molecule has 2 aliphatic heterocycles. The lowest BCUT2D eigenvalue weighted by Crippen LogP contribution is -2.42. The number of rotatable bonds is 7. The molecule has 0 aliphatic carbocycles. The fraction of sp³-hybridized carbons (Fsp3) is 1.00. The summed E-state index contributed by atoms with van der Waals surface area (Å²) in [5.41, 5.74) is 0. The molecule has 4 heteroatoms. The van der Waals surface area contributed by atoms with Gasteiger partial charge in [0.2, 0.25) is 0 Å². The van der Waals surface area contributed by atoms with Crippen LogP contribution in [0.1, 0.15) is 46.0 Å². The van der Waals surface area contributed by atoms with Crippen LogP contribution < -0.4 is 0 Å². The molecule has 118 valence electrons. The lowest BCUT2D eigenvalue weighted by atomic mass is 10.0. The summed E-state index contributed by atoms with van der Waals surface area (Å²) in [6, 6.07) is 0.878. The molecule has 2 aliphatic rings. The average molecular weight is 300 g/mol. The third-order valence-electron chi connectivity index (χ3n) is 4.76. The summed E-state index contributed by atoms with van der Waals surface area (Å²) in [7, 11) is 0. The molecule has 1 atom stereocenters. The normalized spacial score (nSPS) is 26.7. The largest absolute Gasteiger partial charge is 0.301 e. The summed E-state index contributed by atoms with van der Waals surface area (Å²) in [5, 5.41) is 0. The van der Waals surface area contributed by atoms with Crippen LogP contribution in [-0.4, -0.2) is 66.0 Å². The molecule has 2 fully saturated rings. The molecule has 2 saturated heterocycles. The summed E-state index contributed by atoms with van der Waals surface area (Å²) < 4.78 is 2.14. The Balaban J connectivity index is 1.56. The fourth-order valence-electron chi connectivity index (χ4n) is 3.61. The van der Waals surface area contributed by atoms with Gasteiger partial charge in [-0.2, -0.15) is 0 Å². The van der Waals surface area contributed by atoms with Crippen LogP contribution in [0.5, 0.6) is 0 Å². The summed E-state index contributed by atoms with van der Waals surface area (Å²) >= 11 is 4.41. The van der Waals surface area contributed by atoms with E-state index in [4.69, 9.17) is 0 Å². The molecule has 0 amide bonds. The Morgan fingerprint density at radius 2 is 1.70 bits per heavy atom. The van der Waals surface area contributed by atoms with E-state index in [1.807, 2.05) is 0 Å². The smallest absolute Gasteiger partial charge is 0.0215 e. The summed E-state index contributed by atoms with van der Waals surface area (Å²) in [6.07, 6.45) is 6.97. The molecular formula is C16H33N3S. The summed E-state index contributed by atoms with van der Waals surface area (Å²) in [4.78, 5) is 5.36. The van der Waals surface area contributed by atoms with Gasteiger partial charge in [-0.05, 0) is 57.7 Å². The predicted molar refractivity (Wildman–Crippen MR) is 90.3 cm³/mol. The molecule has 0 radical (unpaired) electrons. The van der Waals surface area contributed by atoms with E-state index in [2.05, 4.69) is 40.8 Å². The van der Waals surface area contributed by atoms with Gasteiger partial charge in [0.15, 0.2) is 0 Å². The predicted octanol–water partition coefficient (Wildman–Crippen LogP) is 2.74. The van der Waals surface area contributed by atoms with E-state index in [9.17, 15) is 0 Å². The van der Waals surface area contributed by atoms with Gasteiger partial charge in [-0.25, -0.2) is 0 Å². The summed E-state index contributed by atoms with van der Waals surface area (Å²) in [5.74, 6) is 0.845. The second-order valence-electron chi connectivity index (χ2n) is 6.96. The van der Waals surface area contributed by atoms with Gasteiger partial charge in [0.05, 0.1) is 0 Å². The Hall–Kier alpha value is 0.230. The average Bonchev–Trinajstić information content (AvgIpc) is 2.83. The van der Waals surface area contributed by atoms with E-state index < -0.39 is 0 Å². The van der Waals surface area contributed by atoms with Gasteiger partial charge in [0.25, 0.3) is 0 Å². The van der Waals surface area contributed by atoms with Crippen LogP contribution in [0.25, 0.3) is 0 Å². The topological polar surface area (TPSA) is 9.72 Å². The zero-order valence-electron chi connectivity index (χ0n) is 13.4. The highest BCUT2D eigenvalue weighted by Gasteiger charge is 2.24. The van der Waals surface area contributed by atoms with Gasteiger partial charge >= 0.3 is 0 Å². The standard InChI is InChI=1S/C16H33N3S/c1-15(2)14-16-6-5-9-18(16)8-4-3-7-17-10-12-19(20)13-11-17/h15-16,20H,3-14H2,1-2H3/t16-/m1/s1. The maximum atomic E-state index is 4.41. The second kappa shape index (κ2) is 8.62. The van der Waals surface area contributed by atoms with Gasteiger partial charge in [0.1, 0.15) is 0 Å². The molecule has 0 N–H and O–H groups in total. The molecule has 2 heterocycles. The Morgan fingerprint density at radius 3 is 2.40 bits per heavy atom. The molecule has 0 bridgehead atoms. The van der Waals surface area contributed by atoms with E-state index >= 15 is 0 Å². The highest BCUT2D eigenvalue weighted by molar-refractivity contribution is 7.77. The van der Waals surface area contributed by atoms with Gasteiger partial charge in [-0.3, -0.25) is 4.31 Å². The van der Waals surface area contributed by atoms with Gasteiger partial charge < -0.3 is 9.80 Å². The summed E-state index contributed by atoms with van der Waals surface area (Å²) in [6.45, 7) is 13.3. The number of likely N-dealkylation sites (tertiary alicyclic amines) is 1. The maximum Gasteiger partial charge on any atom is 0.0215 e. The van der Waals surface area contributed by atoms with Gasteiger partial charge in [-0.1, -0.05) is 26.7 Å². The van der Waals surface area contributed by atoms with Crippen LogP contribution in [0.4, 0.5) is 0 Å². The monoisotopic (exact) mass is 299 g/mol. The number of piperazine rings is 1. The van der Waals surface area contributed by atoms with E-state index in [0.717, 1.165) is 25.0 Å². The van der Waals surface area contributed by atoms with Crippen LogP contribution >= 0.6 is 12.8 Å². The highest BCUT2D eigenvalue weighted by Crippen LogP contribution is 2.23. The van der Waals surface area contributed by atoms with Crippen molar-refractivity contribution >= 4 is 12.8 Å². The first-order chi connectivity index (χ1) is 9.65. The SMILES string of the molecule is CC(C)C[C@H]1CCCN1CCCCN1CCN(S)CC1. The highest BCUT2D eigenvalue weighted by atomic mass is 32.1. The Bertz CT molecular complexity index is 264. The first-order valence-electron chi connectivity index (χ1n) is 8.55. The van der Waals surface area contributed by atoms with Crippen molar-refractivity contribution in [3.05, 3.63) is 0 Å². The molecule has 0 saturated carbocycles. The van der Waals surface area contributed by atoms with Crippen LogP contribution in [0.2, 0.25) is 0 Å². The number of hydrogen-bond donors (Lipinski definition) is 1. The quantitative estimate of drug-likeness (QED) is 0.572. The minimum Gasteiger partial charge on any atom is -0.301 e. The first-order valence-corrected chi connectivity index (χ1v) is 8.95. The van der Waals surface area contributed by atoms with Crippen molar-refractivity contribution < 1.29 is 0 Å². The van der Waals surface area contributed by atoms with Gasteiger partial charge in [0, 0.05) is 32.2 Å². The van der Waals surface area contributed by atoms with Crippen molar-refractivity contribution in [2.75, 3.05) is 45.8 Å². The van der Waals surface area contributed by atoms with E-state index in [0.29, 0.717) is 0 Å². The van der Waals surface area contributed by atoms with Crippen LogP contribution in [0.3, 0.4) is 0 Å². The van der Waals surface area contributed by atoms with Crippen molar-refractivity contribution in [2.24, 2.45) is 5.92 Å². The molecule has 0 aromatic carbocycles. The molecule has 20 heavy (non-hydrogen) atoms. The maximum absolute atomic E-state index is 4.41. The van der Waals surface area contributed by atoms with E-state index in [1.54, 1.807) is 0 Å². The minimum atomic E-state index is 0.845. The molecule has 2 rings (SSSR count). The Kier molecular flexibility index (Phi) is 7.15. The molecule has 0 spiro atoms. The Labute approximate surface area is 131 Å². The molecule has 0 unspecified atom stereocenters. The van der Waals surface area contributed by atoms with Crippen molar-refractivity contribution in [2.45, 2.75) is 52.0 Å². The van der Waals surface area contributed by atoms with Crippen molar-refractivity contribution in [3.8, 4) is 0 Å². The minimum absolute atomic E-state index is 0.845. The van der Waals surface area contributed by atoms with Crippen LogP contribution in [0, 0.1) is 5.92 Å². The van der Waals surface area contributed by atoms with E-state index in [1.165, 1.54) is 64.8 Å². The third kappa shape index (κ3) is 5.55. The van der Waals surface area contributed by atoms with Crippen molar-refractivity contribution in [1.29, 1.82) is 0 Å². The number of thiol groups is 1. The molecular weight excluding hydrogens is 266 g/mol. The lowest BCUT2D eigenvalue weighted by molar-refractivity contribution is 0.184. The van der Waals surface area contributed by atoms with E-state index in [-0.39, 0.29) is 0 Å². The zero-order chi connectivity index (χ0) is 14.4. The zero-order valence-corrected chi connectivity index (χ0v) is 14.3. The molecule has 0 aromatic heterocycles. The Morgan fingerprint density at radius 1 is 1.00 bits per heavy atom. The third-order valence-corrected chi connectivity index (χ3v) is 5.16. The van der Waals surface area contributed by atoms with Gasteiger partial charge in [-0.15, -0.1) is 0 Å². The fourth-order valence-corrected chi connectivity index (χ4v) is 3.79. The van der Waals surface area contributed by atoms with Crippen LogP contribution in [-0.2, 0) is 0 Å². The van der Waals surface area contributed by atoms with Crippen LogP contribution in [0.15, 0.2) is 0 Å². The number of nitrogens with zero attached hydrogens (tertiary/aromatic N) is 3. The molecule has 0 aromatic rings. The van der Waals surface area contributed by atoms with Crippen molar-refractivity contribution in [3.63, 3.8) is 0 Å². The number of unbranched alkanes of at least 4 members (excludes halogenated alkanes) is 1. The second-order valence-corrected chi connectivity index (χ2v) is 7.53. The van der Waals surface area contributed by atoms with Crippen molar-refractivity contribution in [1.82, 2.24) is 14.1 Å². The lowest BCUT2D eigenvalue weighted by Gasteiger charge is -2.31. The number of hydrogen-bond acceptors (Lipinski definition) is 4. The molecule has 3 nitrogen and oxygen atoms in total.